The molecule has 0 saturated heterocycles. The zero-order chi connectivity index (χ0) is 21.8. The Morgan fingerprint density at radius 3 is 2.61 bits per heavy atom. The predicted molar refractivity (Wildman–Crippen MR) is 124 cm³/mol. The third kappa shape index (κ3) is 4.62. The third-order valence-corrected chi connectivity index (χ3v) is 5.66. The highest BCUT2D eigenvalue weighted by molar-refractivity contribution is 7.99. The first-order valence-electron chi connectivity index (χ1n) is 9.71. The minimum absolute atomic E-state index is 0.114. The number of aromatic nitrogens is 2. The van der Waals surface area contributed by atoms with E-state index in [9.17, 15) is 9.59 Å². The molecule has 1 N–H and O–H groups in total. The number of methoxy groups -OCH3 is 1. The van der Waals surface area contributed by atoms with Gasteiger partial charge in [0.05, 0.1) is 29.5 Å². The highest BCUT2D eigenvalue weighted by Gasteiger charge is 2.15. The molecule has 1 aromatic heterocycles. The van der Waals surface area contributed by atoms with E-state index in [-0.39, 0.29) is 17.2 Å². The normalized spacial score (nSPS) is 10.8. The number of para-hydroxylation sites is 1. The molecule has 4 rings (SSSR count). The molecule has 0 radical (unpaired) electrons. The van der Waals surface area contributed by atoms with Crippen LogP contribution in [0.4, 0.5) is 5.69 Å². The number of fused-ring (bicyclic) bond motifs is 1. The molecule has 4 aromatic rings. The summed E-state index contributed by atoms with van der Waals surface area (Å²) in [5, 5.41) is 3.83. The molecular weight excluding hydrogens is 410 g/mol. The average Bonchev–Trinajstić information content (AvgIpc) is 2.79. The van der Waals surface area contributed by atoms with E-state index in [0.717, 1.165) is 11.3 Å². The number of anilines is 1. The minimum atomic E-state index is -0.194. The largest absolute Gasteiger partial charge is 0.497 e. The lowest BCUT2D eigenvalue weighted by atomic mass is 10.2. The minimum Gasteiger partial charge on any atom is -0.497 e. The second kappa shape index (κ2) is 9.06. The highest BCUT2D eigenvalue weighted by Crippen LogP contribution is 2.24. The molecule has 0 aliphatic rings. The standard InChI is InChI=1S/C24H21N3O3S/c1-16-10-12-17(13-11-16)25-22(28)15-31-24-26-21-9-4-3-8-20(21)23(29)27(24)18-6-5-7-19(14-18)30-2/h3-14H,15H2,1-2H3,(H,25,28). The third-order valence-electron chi connectivity index (χ3n) is 4.72. The molecule has 156 valence electrons. The van der Waals surface area contributed by atoms with Crippen LogP contribution in [-0.2, 0) is 4.79 Å². The Kier molecular flexibility index (Phi) is 6.04. The van der Waals surface area contributed by atoms with Crippen LogP contribution in [0.2, 0.25) is 0 Å². The SMILES string of the molecule is COc1cccc(-n2c(SCC(=O)Nc3ccc(C)cc3)nc3ccccc3c2=O)c1. The van der Waals surface area contributed by atoms with Gasteiger partial charge in [-0.15, -0.1) is 0 Å². The van der Waals surface area contributed by atoms with Gasteiger partial charge in [0.25, 0.3) is 5.56 Å². The Balaban J connectivity index is 1.68. The molecule has 1 heterocycles. The van der Waals surface area contributed by atoms with E-state index in [1.165, 1.54) is 16.3 Å². The Morgan fingerprint density at radius 2 is 1.84 bits per heavy atom. The number of carbonyl (C=O) groups is 1. The fourth-order valence-corrected chi connectivity index (χ4v) is 3.96. The molecule has 0 atom stereocenters. The second-order valence-corrected chi connectivity index (χ2v) is 7.90. The molecule has 0 bridgehead atoms. The van der Waals surface area contributed by atoms with Crippen molar-refractivity contribution in [3.8, 4) is 11.4 Å². The first-order chi connectivity index (χ1) is 15.0. The van der Waals surface area contributed by atoms with Crippen LogP contribution in [-0.4, -0.2) is 28.3 Å². The van der Waals surface area contributed by atoms with Crippen LogP contribution in [0.25, 0.3) is 16.6 Å². The fourth-order valence-electron chi connectivity index (χ4n) is 3.15. The molecule has 1 amide bonds. The van der Waals surface area contributed by atoms with Gasteiger partial charge in [-0.1, -0.05) is 47.7 Å². The van der Waals surface area contributed by atoms with Gasteiger partial charge in [0.1, 0.15) is 5.75 Å². The van der Waals surface area contributed by atoms with Gasteiger partial charge in [0, 0.05) is 11.8 Å². The van der Waals surface area contributed by atoms with Gasteiger partial charge in [0.15, 0.2) is 5.16 Å². The lowest BCUT2D eigenvalue weighted by Crippen LogP contribution is -2.23. The molecule has 3 aromatic carbocycles. The molecule has 0 saturated carbocycles. The van der Waals surface area contributed by atoms with Gasteiger partial charge in [-0.3, -0.25) is 14.2 Å². The lowest BCUT2D eigenvalue weighted by Gasteiger charge is -2.14. The number of benzene rings is 3. The van der Waals surface area contributed by atoms with Crippen LogP contribution < -0.4 is 15.6 Å². The molecule has 0 aliphatic heterocycles. The highest BCUT2D eigenvalue weighted by atomic mass is 32.2. The summed E-state index contributed by atoms with van der Waals surface area (Å²) >= 11 is 1.21. The number of aryl methyl sites for hydroxylation is 1. The zero-order valence-electron chi connectivity index (χ0n) is 17.2. The summed E-state index contributed by atoms with van der Waals surface area (Å²) in [7, 11) is 1.58. The fraction of sp³-hybridized carbons (Fsp3) is 0.125. The van der Waals surface area contributed by atoms with Gasteiger partial charge in [0.2, 0.25) is 5.91 Å². The Labute approximate surface area is 183 Å². The Hall–Kier alpha value is -3.58. The van der Waals surface area contributed by atoms with Crippen molar-refractivity contribution in [1.29, 1.82) is 0 Å². The van der Waals surface area contributed by atoms with Crippen LogP contribution in [0.3, 0.4) is 0 Å². The first kappa shape index (κ1) is 20.7. The van der Waals surface area contributed by atoms with E-state index in [1.807, 2.05) is 61.5 Å². The number of hydrogen-bond donors (Lipinski definition) is 1. The van der Waals surface area contributed by atoms with E-state index < -0.39 is 0 Å². The number of carbonyl (C=O) groups excluding carboxylic acids is 1. The van der Waals surface area contributed by atoms with Crippen molar-refractivity contribution >= 4 is 34.3 Å². The van der Waals surface area contributed by atoms with Crippen LogP contribution >= 0.6 is 11.8 Å². The molecule has 0 fully saturated rings. The number of nitrogens with one attached hydrogen (secondary N) is 1. The van der Waals surface area contributed by atoms with Crippen molar-refractivity contribution in [2.45, 2.75) is 12.1 Å². The quantitative estimate of drug-likeness (QED) is 0.361. The van der Waals surface area contributed by atoms with Crippen LogP contribution in [0.15, 0.2) is 82.7 Å². The monoisotopic (exact) mass is 431 g/mol. The first-order valence-corrected chi connectivity index (χ1v) is 10.7. The molecule has 0 aliphatic carbocycles. The van der Waals surface area contributed by atoms with Crippen molar-refractivity contribution in [1.82, 2.24) is 9.55 Å². The predicted octanol–water partition coefficient (Wildman–Crippen LogP) is 4.43. The average molecular weight is 432 g/mol. The van der Waals surface area contributed by atoms with Gasteiger partial charge in [-0.2, -0.15) is 0 Å². The number of amides is 1. The van der Waals surface area contributed by atoms with E-state index >= 15 is 0 Å². The van der Waals surface area contributed by atoms with Gasteiger partial charge in [-0.25, -0.2) is 4.98 Å². The van der Waals surface area contributed by atoms with Gasteiger partial charge < -0.3 is 10.1 Å². The summed E-state index contributed by atoms with van der Waals surface area (Å²) < 4.78 is 6.83. The summed E-state index contributed by atoms with van der Waals surface area (Å²) in [5.74, 6) is 0.571. The maximum absolute atomic E-state index is 13.3. The topological polar surface area (TPSA) is 73.2 Å². The van der Waals surface area contributed by atoms with Crippen molar-refractivity contribution in [3.63, 3.8) is 0 Å². The Morgan fingerprint density at radius 1 is 1.06 bits per heavy atom. The second-order valence-electron chi connectivity index (χ2n) is 6.96. The summed E-state index contributed by atoms with van der Waals surface area (Å²) in [6, 6.07) is 22.0. The molecule has 31 heavy (non-hydrogen) atoms. The van der Waals surface area contributed by atoms with Gasteiger partial charge >= 0.3 is 0 Å². The molecule has 7 heteroatoms. The molecule has 0 spiro atoms. The number of nitrogens with zero attached hydrogens (tertiary/aromatic N) is 2. The Bertz CT molecular complexity index is 1300. The molecule has 0 unspecified atom stereocenters. The maximum atomic E-state index is 13.3. The number of ether oxygens (including phenoxy) is 1. The van der Waals surface area contributed by atoms with Crippen molar-refractivity contribution in [2.75, 3.05) is 18.2 Å². The van der Waals surface area contributed by atoms with E-state index in [1.54, 1.807) is 25.3 Å². The number of rotatable bonds is 6. The van der Waals surface area contributed by atoms with Gasteiger partial charge in [-0.05, 0) is 43.3 Å². The van der Waals surface area contributed by atoms with Crippen LogP contribution in [0, 0.1) is 6.92 Å². The summed E-state index contributed by atoms with van der Waals surface area (Å²) in [6.45, 7) is 1.99. The number of thioether (sulfide) groups is 1. The summed E-state index contributed by atoms with van der Waals surface area (Å²) in [5.41, 5.74) is 2.88. The summed E-state index contributed by atoms with van der Waals surface area (Å²) in [4.78, 5) is 30.4. The zero-order valence-corrected chi connectivity index (χ0v) is 18.0. The van der Waals surface area contributed by atoms with Crippen molar-refractivity contribution < 1.29 is 9.53 Å². The van der Waals surface area contributed by atoms with E-state index in [2.05, 4.69) is 10.3 Å². The van der Waals surface area contributed by atoms with Crippen molar-refractivity contribution in [3.05, 3.63) is 88.7 Å². The summed E-state index contributed by atoms with van der Waals surface area (Å²) in [6.07, 6.45) is 0. The van der Waals surface area contributed by atoms with E-state index in [0.29, 0.717) is 27.5 Å². The smallest absolute Gasteiger partial charge is 0.266 e. The number of hydrogen-bond acceptors (Lipinski definition) is 5. The lowest BCUT2D eigenvalue weighted by molar-refractivity contribution is -0.113. The maximum Gasteiger partial charge on any atom is 0.266 e. The molecular formula is C24H21N3O3S. The van der Waals surface area contributed by atoms with E-state index in [4.69, 9.17) is 4.74 Å². The van der Waals surface area contributed by atoms with Crippen LogP contribution in [0.5, 0.6) is 5.75 Å². The molecule has 6 nitrogen and oxygen atoms in total. The van der Waals surface area contributed by atoms with Crippen LogP contribution in [0.1, 0.15) is 5.56 Å². The van der Waals surface area contributed by atoms with Crippen molar-refractivity contribution in [2.24, 2.45) is 0 Å².